The van der Waals surface area contributed by atoms with Crippen LogP contribution in [0.15, 0.2) is 24.3 Å². The normalized spacial score (nSPS) is 17.0. The Bertz CT molecular complexity index is 477. The summed E-state index contributed by atoms with van der Waals surface area (Å²) in [6, 6.07) is 6.98. The van der Waals surface area contributed by atoms with Crippen molar-refractivity contribution in [2.75, 3.05) is 13.7 Å². The summed E-state index contributed by atoms with van der Waals surface area (Å²) in [7, 11) is 1.35. The number of carbonyl (C=O) groups is 2. The first-order chi connectivity index (χ1) is 8.19. The van der Waals surface area contributed by atoms with Gasteiger partial charge in [0, 0.05) is 5.56 Å². The van der Waals surface area contributed by atoms with Crippen LogP contribution in [0.5, 0.6) is 0 Å². The van der Waals surface area contributed by atoms with Gasteiger partial charge in [0.1, 0.15) is 0 Å². The average Bonchev–Trinajstić information content (AvgIpc) is 2.75. The Kier molecular flexibility index (Phi) is 3.18. The molecule has 0 bridgehead atoms. The number of hydrogen-bond acceptors (Lipinski definition) is 3. The molecule has 0 saturated carbocycles. The fraction of sp³-hybridized carbons (Fsp3) is 0.250. The zero-order valence-corrected chi connectivity index (χ0v) is 9.47. The Hall–Kier alpha value is -2.17. The van der Waals surface area contributed by atoms with E-state index in [1.807, 2.05) is 6.21 Å². The van der Waals surface area contributed by atoms with Crippen LogP contribution in [-0.4, -0.2) is 36.4 Å². The number of benzene rings is 1. The molecule has 88 valence electrons. The van der Waals surface area contributed by atoms with Crippen LogP contribution in [0.1, 0.15) is 22.3 Å². The van der Waals surface area contributed by atoms with E-state index in [0.717, 1.165) is 5.56 Å². The van der Waals surface area contributed by atoms with E-state index in [-0.39, 0.29) is 11.9 Å². The first-order valence-electron chi connectivity index (χ1n) is 5.28. The first-order valence-corrected chi connectivity index (χ1v) is 5.28. The maximum absolute atomic E-state index is 11.2. The smallest absolute Gasteiger partial charge is 0.337 e. The summed E-state index contributed by atoms with van der Waals surface area (Å²) in [6.07, 6.45) is 2.34. The van der Waals surface area contributed by atoms with Gasteiger partial charge in [0.25, 0.3) is 5.91 Å². The highest BCUT2D eigenvalue weighted by Crippen LogP contribution is 2.04. The van der Waals surface area contributed by atoms with Gasteiger partial charge >= 0.3 is 5.97 Å². The van der Waals surface area contributed by atoms with Gasteiger partial charge in [-0.3, -0.25) is 4.79 Å². The summed E-state index contributed by atoms with van der Waals surface area (Å²) in [5.41, 5.74) is 4.12. The van der Waals surface area contributed by atoms with Gasteiger partial charge in [-0.1, -0.05) is 0 Å². The molecule has 0 spiro atoms. The van der Waals surface area contributed by atoms with Crippen molar-refractivity contribution in [3.05, 3.63) is 35.4 Å². The van der Waals surface area contributed by atoms with Gasteiger partial charge in [-0.25, -0.2) is 4.79 Å². The minimum atomic E-state index is -0.356. The van der Waals surface area contributed by atoms with Crippen LogP contribution in [0.4, 0.5) is 0 Å². The summed E-state index contributed by atoms with van der Waals surface area (Å²) in [4.78, 5) is 22.2. The predicted molar refractivity (Wildman–Crippen MR) is 60.8 cm³/mol. The fourth-order valence-electron chi connectivity index (χ4n) is 1.59. The van der Waals surface area contributed by atoms with Gasteiger partial charge in [-0.05, 0) is 24.3 Å². The van der Waals surface area contributed by atoms with Crippen LogP contribution in [0.2, 0.25) is 0 Å². The molecule has 1 aliphatic rings. The molecule has 0 unspecified atom stereocenters. The van der Waals surface area contributed by atoms with Crippen LogP contribution in [0, 0.1) is 0 Å². The molecule has 1 N–H and O–H groups in total. The third-order valence-electron chi connectivity index (χ3n) is 2.48. The SMILES string of the molecule is COC(=O)c1ccc(/C=[N+]2/CCC(=O)N2)cc1. The van der Waals surface area contributed by atoms with E-state index in [4.69, 9.17) is 0 Å². The number of hydrazine groups is 1. The van der Waals surface area contributed by atoms with Crippen molar-refractivity contribution in [3.8, 4) is 0 Å². The maximum Gasteiger partial charge on any atom is 0.337 e. The molecule has 1 aliphatic heterocycles. The third-order valence-corrected chi connectivity index (χ3v) is 2.48. The number of nitrogens with zero attached hydrogens (tertiary/aromatic N) is 1. The molecular formula is C12H13N2O3+. The molecule has 1 amide bonds. The Morgan fingerprint density at radius 3 is 2.65 bits per heavy atom. The molecule has 1 aromatic rings. The monoisotopic (exact) mass is 233 g/mol. The molecule has 1 heterocycles. The Balaban J connectivity index is 2.13. The van der Waals surface area contributed by atoms with Gasteiger partial charge in [0.15, 0.2) is 6.54 Å². The van der Waals surface area contributed by atoms with E-state index in [1.54, 1.807) is 28.9 Å². The third kappa shape index (κ3) is 2.69. The van der Waals surface area contributed by atoms with Gasteiger partial charge in [-0.15, -0.1) is 10.1 Å². The molecule has 0 aromatic heterocycles. The molecule has 1 saturated heterocycles. The quantitative estimate of drug-likeness (QED) is 0.592. The zero-order valence-electron chi connectivity index (χ0n) is 9.47. The fourth-order valence-corrected chi connectivity index (χ4v) is 1.59. The first kappa shape index (κ1) is 11.3. The maximum atomic E-state index is 11.2. The number of methoxy groups -OCH3 is 1. The number of amides is 1. The second-order valence-electron chi connectivity index (χ2n) is 3.72. The summed E-state index contributed by atoms with van der Waals surface area (Å²) in [5, 5.41) is 0. The Morgan fingerprint density at radius 2 is 2.12 bits per heavy atom. The van der Waals surface area contributed by atoms with Crippen molar-refractivity contribution in [1.82, 2.24) is 5.43 Å². The number of nitrogens with one attached hydrogen (secondary N) is 1. The molecule has 2 rings (SSSR count). The topological polar surface area (TPSA) is 58.4 Å². The van der Waals surface area contributed by atoms with Crippen LogP contribution in [-0.2, 0) is 9.53 Å². The Labute approximate surface area is 98.7 Å². The number of ether oxygens (including phenoxy) is 1. The molecule has 0 aliphatic carbocycles. The van der Waals surface area contributed by atoms with Gasteiger partial charge in [0.2, 0.25) is 6.21 Å². The second-order valence-corrected chi connectivity index (χ2v) is 3.72. The lowest BCUT2D eigenvalue weighted by atomic mass is 10.1. The summed E-state index contributed by atoms with van der Waals surface area (Å²) in [6.45, 7) is 0.664. The molecule has 17 heavy (non-hydrogen) atoms. The van der Waals surface area contributed by atoms with Crippen molar-refractivity contribution in [2.24, 2.45) is 0 Å². The van der Waals surface area contributed by atoms with Crippen LogP contribution < -0.4 is 5.43 Å². The van der Waals surface area contributed by atoms with E-state index in [2.05, 4.69) is 10.2 Å². The van der Waals surface area contributed by atoms with Crippen molar-refractivity contribution >= 4 is 18.1 Å². The molecule has 5 nitrogen and oxygen atoms in total. The molecule has 1 fully saturated rings. The van der Waals surface area contributed by atoms with Crippen LogP contribution in [0.3, 0.4) is 0 Å². The number of rotatable bonds is 2. The number of carbonyl (C=O) groups excluding carboxylic acids is 2. The molecular weight excluding hydrogens is 220 g/mol. The lowest BCUT2D eigenvalue weighted by Gasteiger charge is -1.98. The molecule has 0 atom stereocenters. The minimum absolute atomic E-state index is 0.0208. The average molecular weight is 233 g/mol. The van der Waals surface area contributed by atoms with Crippen molar-refractivity contribution in [3.63, 3.8) is 0 Å². The summed E-state index contributed by atoms with van der Waals surface area (Å²) >= 11 is 0. The zero-order chi connectivity index (χ0) is 12.3. The summed E-state index contributed by atoms with van der Waals surface area (Å²) < 4.78 is 6.34. The van der Waals surface area contributed by atoms with Gasteiger partial charge in [-0.2, -0.15) is 0 Å². The van der Waals surface area contributed by atoms with Gasteiger partial charge < -0.3 is 4.74 Å². The molecule has 5 heteroatoms. The van der Waals surface area contributed by atoms with Crippen LogP contribution in [0.25, 0.3) is 0 Å². The highest BCUT2D eigenvalue weighted by atomic mass is 16.5. The highest BCUT2D eigenvalue weighted by Gasteiger charge is 2.20. The molecule has 0 radical (unpaired) electrons. The highest BCUT2D eigenvalue weighted by molar-refractivity contribution is 5.90. The lowest BCUT2D eigenvalue weighted by molar-refractivity contribution is -0.553. The van der Waals surface area contributed by atoms with E-state index in [1.165, 1.54) is 7.11 Å². The standard InChI is InChI=1S/C12H12N2O3/c1-17-12(16)10-4-2-9(3-5-10)8-14-7-6-11(15)13-14/h2-5,8H,6-7H2,1H3/p+1. The van der Waals surface area contributed by atoms with E-state index < -0.39 is 0 Å². The largest absolute Gasteiger partial charge is 0.465 e. The number of hydrazone groups is 1. The second kappa shape index (κ2) is 4.78. The van der Waals surface area contributed by atoms with Crippen LogP contribution >= 0.6 is 0 Å². The van der Waals surface area contributed by atoms with Crippen molar-refractivity contribution in [1.29, 1.82) is 0 Å². The number of hydrogen-bond donors (Lipinski definition) is 1. The van der Waals surface area contributed by atoms with E-state index in [9.17, 15) is 9.59 Å². The van der Waals surface area contributed by atoms with Crippen molar-refractivity contribution in [2.45, 2.75) is 6.42 Å². The van der Waals surface area contributed by atoms with Crippen molar-refractivity contribution < 1.29 is 19.0 Å². The minimum Gasteiger partial charge on any atom is -0.465 e. The summed E-state index contributed by atoms with van der Waals surface area (Å²) in [5.74, 6) is -0.335. The lowest BCUT2D eigenvalue weighted by Crippen LogP contribution is -2.25. The van der Waals surface area contributed by atoms with E-state index >= 15 is 0 Å². The van der Waals surface area contributed by atoms with Gasteiger partial charge in [0.05, 0.1) is 19.1 Å². The van der Waals surface area contributed by atoms with E-state index in [0.29, 0.717) is 18.5 Å². The number of esters is 1. The molecule has 1 aromatic carbocycles. The Morgan fingerprint density at radius 1 is 1.41 bits per heavy atom. The predicted octanol–water partition coefficient (Wildman–Crippen LogP) is 0.339.